The molecule has 0 fully saturated rings. The number of carbonyl (C=O) groups is 1. The molecule has 0 unspecified atom stereocenters. The highest BCUT2D eigenvalue weighted by atomic mass is 16.6. The van der Waals surface area contributed by atoms with Gasteiger partial charge in [0.05, 0.1) is 0 Å². The van der Waals surface area contributed by atoms with Crippen LogP contribution < -0.4 is 5.32 Å². The average molecular weight is 348 g/mol. The Bertz CT molecular complexity index is 955. The van der Waals surface area contributed by atoms with E-state index in [-0.39, 0.29) is 12.5 Å². The van der Waals surface area contributed by atoms with Crippen LogP contribution in [0.3, 0.4) is 0 Å². The number of nitrogens with zero attached hydrogens (tertiary/aromatic N) is 1. The van der Waals surface area contributed by atoms with E-state index in [0.29, 0.717) is 11.5 Å². The number of nitrogens with one attached hydrogen (secondary N) is 1. The smallest absolute Gasteiger partial charge is 0.265 e. The second-order valence-corrected chi connectivity index (χ2v) is 6.48. The van der Waals surface area contributed by atoms with Crippen LogP contribution in [0.5, 0.6) is 0 Å². The van der Waals surface area contributed by atoms with Crippen LogP contribution in [0.25, 0.3) is 11.0 Å². The third kappa shape index (κ3) is 3.47. The first kappa shape index (κ1) is 16.4. The summed E-state index contributed by atoms with van der Waals surface area (Å²) in [6.45, 7) is 1.64. The summed E-state index contributed by atoms with van der Waals surface area (Å²) in [6, 6.07) is 15.7. The van der Waals surface area contributed by atoms with Gasteiger partial charge in [-0.15, -0.1) is 0 Å². The molecular formula is C21H20N2O3. The van der Waals surface area contributed by atoms with Crippen LogP contribution in [0.2, 0.25) is 0 Å². The maximum absolute atomic E-state index is 12.0. The molecule has 26 heavy (non-hydrogen) atoms. The van der Waals surface area contributed by atoms with Crippen molar-refractivity contribution >= 4 is 28.3 Å². The number of hydrogen-bond donors (Lipinski definition) is 1. The molecule has 132 valence electrons. The monoisotopic (exact) mass is 348 g/mol. The van der Waals surface area contributed by atoms with Crippen LogP contribution in [0.4, 0.5) is 5.69 Å². The molecule has 1 aromatic heterocycles. The minimum atomic E-state index is -0.232. The van der Waals surface area contributed by atoms with E-state index >= 15 is 0 Å². The third-order valence-electron chi connectivity index (χ3n) is 4.56. The second-order valence-electron chi connectivity index (χ2n) is 6.48. The molecule has 1 heterocycles. The van der Waals surface area contributed by atoms with E-state index < -0.39 is 0 Å². The number of anilines is 1. The summed E-state index contributed by atoms with van der Waals surface area (Å²) in [4.78, 5) is 17.2. The number of oxime groups is 1. The van der Waals surface area contributed by atoms with E-state index in [9.17, 15) is 4.79 Å². The lowest BCUT2D eigenvalue weighted by Crippen LogP contribution is -2.17. The summed E-state index contributed by atoms with van der Waals surface area (Å²) < 4.78 is 5.71. The quantitative estimate of drug-likeness (QED) is 0.552. The predicted octanol–water partition coefficient (Wildman–Crippen LogP) is 4.30. The van der Waals surface area contributed by atoms with Gasteiger partial charge in [0.25, 0.3) is 5.91 Å². The Morgan fingerprint density at radius 3 is 2.88 bits per heavy atom. The zero-order valence-corrected chi connectivity index (χ0v) is 14.6. The lowest BCUT2D eigenvalue weighted by molar-refractivity contribution is -0.120. The zero-order valence-electron chi connectivity index (χ0n) is 14.6. The molecule has 5 heteroatoms. The van der Waals surface area contributed by atoms with Gasteiger partial charge in [0.15, 0.2) is 12.4 Å². The molecule has 1 aliphatic carbocycles. The minimum absolute atomic E-state index is 0.144. The number of hydrogen-bond acceptors (Lipinski definition) is 4. The molecule has 0 bridgehead atoms. The number of rotatable bonds is 5. The van der Waals surface area contributed by atoms with Crippen LogP contribution in [0.15, 0.2) is 58.1 Å². The largest absolute Gasteiger partial charge is 0.455 e. The van der Waals surface area contributed by atoms with Crippen LogP contribution in [0, 0.1) is 0 Å². The first-order chi connectivity index (χ1) is 12.7. The van der Waals surface area contributed by atoms with E-state index in [1.165, 1.54) is 17.5 Å². The van der Waals surface area contributed by atoms with Gasteiger partial charge in [0, 0.05) is 11.1 Å². The molecular weight excluding hydrogens is 328 g/mol. The van der Waals surface area contributed by atoms with Crippen molar-refractivity contribution in [3.05, 3.63) is 65.4 Å². The summed E-state index contributed by atoms with van der Waals surface area (Å²) in [7, 11) is 0. The van der Waals surface area contributed by atoms with Gasteiger partial charge in [-0.1, -0.05) is 29.4 Å². The molecule has 0 aliphatic heterocycles. The maximum Gasteiger partial charge on any atom is 0.265 e. The van der Waals surface area contributed by atoms with E-state index in [1.54, 1.807) is 6.92 Å². The summed E-state index contributed by atoms with van der Waals surface area (Å²) in [5.74, 6) is 0.398. The highest BCUT2D eigenvalue weighted by Gasteiger charge is 2.12. The number of aryl methyl sites for hydroxylation is 2. The number of furan rings is 1. The molecule has 1 amide bonds. The van der Waals surface area contributed by atoms with Gasteiger partial charge in [-0.05, 0) is 61.6 Å². The first-order valence-electron chi connectivity index (χ1n) is 8.76. The van der Waals surface area contributed by atoms with Crippen molar-refractivity contribution in [1.82, 2.24) is 0 Å². The molecule has 0 spiro atoms. The molecule has 1 aliphatic rings. The first-order valence-corrected chi connectivity index (χ1v) is 8.76. The summed E-state index contributed by atoms with van der Waals surface area (Å²) >= 11 is 0. The van der Waals surface area contributed by atoms with Crippen molar-refractivity contribution in [2.75, 3.05) is 11.9 Å². The SMILES string of the molecule is CC(=NOCC(=O)Nc1ccc2c(c1)CCC2)c1cc2ccccc2o1. The van der Waals surface area contributed by atoms with Gasteiger partial charge in [0.1, 0.15) is 11.3 Å². The second kappa shape index (κ2) is 7.04. The Morgan fingerprint density at radius 1 is 1.15 bits per heavy atom. The lowest BCUT2D eigenvalue weighted by Gasteiger charge is -2.07. The van der Waals surface area contributed by atoms with Crippen LogP contribution in [0.1, 0.15) is 30.2 Å². The molecule has 0 saturated carbocycles. The van der Waals surface area contributed by atoms with E-state index in [0.717, 1.165) is 29.5 Å². The van der Waals surface area contributed by atoms with Crippen LogP contribution in [-0.4, -0.2) is 18.2 Å². The Kier molecular flexibility index (Phi) is 4.44. The molecule has 4 rings (SSSR count). The fraction of sp³-hybridized carbons (Fsp3) is 0.238. The number of benzene rings is 2. The molecule has 0 radical (unpaired) electrons. The van der Waals surface area contributed by atoms with Gasteiger partial charge in [-0.2, -0.15) is 0 Å². The summed E-state index contributed by atoms with van der Waals surface area (Å²) in [6.07, 6.45) is 3.39. The molecule has 2 aromatic carbocycles. The van der Waals surface area contributed by atoms with Gasteiger partial charge < -0.3 is 14.6 Å². The number of fused-ring (bicyclic) bond motifs is 2. The topological polar surface area (TPSA) is 63.8 Å². The summed E-state index contributed by atoms with van der Waals surface area (Å²) in [5, 5.41) is 7.85. The fourth-order valence-corrected chi connectivity index (χ4v) is 3.24. The Morgan fingerprint density at radius 2 is 2.00 bits per heavy atom. The highest BCUT2D eigenvalue weighted by Crippen LogP contribution is 2.25. The number of para-hydroxylation sites is 1. The normalized spacial score (nSPS) is 13.7. The predicted molar refractivity (Wildman–Crippen MR) is 101 cm³/mol. The summed E-state index contributed by atoms with van der Waals surface area (Å²) in [5.41, 5.74) is 4.89. The maximum atomic E-state index is 12.0. The van der Waals surface area contributed by atoms with E-state index in [4.69, 9.17) is 9.25 Å². The van der Waals surface area contributed by atoms with Crippen molar-refractivity contribution in [2.24, 2.45) is 5.16 Å². The fourth-order valence-electron chi connectivity index (χ4n) is 3.24. The molecule has 5 nitrogen and oxygen atoms in total. The number of amides is 1. The number of carbonyl (C=O) groups excluding carboxylic acids is 1. The minimum Gasteiger partial charge on any atom is -0.455 e. The van der Waals surface area contributed by atoms with Gasteiger partial charge in [-0.3, -0.25) is 4.79 Å². The van der Waals surface area contributed by atoms with Gasteiger partial charge in [-0.25, -0.2) is 0 Å². The molecule has 1 N–H and O–H groups in total. The Hall–Kier alpha value is -3.08. The van der Waals surface area contributed by atoms with Crippen molar-refractivity contribution in [3.63, 3.8) is 0 Å². The van der Waals surface area contributed by atoms with Crippen LogP contribution >= 0.6 is 0 Å². The molecule has 3 aromatic rings. The third-order valence-corrected chi connectivity index (χ3v) is 4.56. The van der Waals surface area contributed by atoms with E-state index in [1.807, 2.05) is 42.5 Å². The molecule has 0 atom stereocenters. The van der Waals surface area contributed by atoms with Crippen molar-refractivity contribution in [3.8, 4) is 0 Å². The Balaban J connectivity index is 1.34. The van der Waals surface area contributed by atoms with Crippen molar-refractivity contribution in [2.45, 2.75) is 26.2 Å². The van der Waals surface area contributed by atoms with E-state index in [2.05, 4.69) is 16.5 Å². The van der Waals surface area contributed by atoms with Gasteiger partial charge in [0.2, 0.25) is 0 Å². The highest BCUT2D eigenvalue weighted by molar-refractivity contribution is 5.99. The zero-order chi connectivity index (χ0) is 17.9. The van der Waals surface area contributed by atoms with Crippen LogP contribution in [-0.2, 0) is 22.5 Å². The molecule has 0 saturated heterocycles. The Labute approximate surface area is 151 Å². The van der Waals surface area contributed by atoms with Crippen molar-refractivity contribution < 1.29 is 14.0 Å². The average Bonchev–Trinajstić information content (AvgIpc) is 3.27. The van der Waals surface area contributed by atoms with Gasteiger partial charge >= 0.3 is 0 Å². The van der Waals surface area contributed by atoms with Crippen molar-refractivity contribution in [1.29, 1.82) is 0 Å². The standard InChI is InChI=1S/C21H20N2O3/c1-14(20-12-17-5-2-3-8-19(17)26-20)23-25-13-21(24)22-18-10-9-15-6-4-7-16(15)11-18/h2-3,5,8-12H,4,6-7,13H2,1H3,(H,22,24). The lowest BCUT2D eigenvalue weighted by atomic mass is 10.1.